The molecule has 99 heavy (non-hydrogen) atoms. The molecule has 0 aromatic carbocycles. The lowest BCUT2D eigenvalue weighted by atomic mass is 9.88. The Morgan fingerprint density at radius 2 is 0.758 bits per heavy atom. The van der Waals surface area contributed by atoms with Crippen LogP contribution in [-0.4, -0.2) is 92.1 Å². The van der Waals surface area contributed by atoms with Crippen molar-refractivity contribution in [1.29, 1.82) is 0 Å². The molecular weight excluding hydrogens is 1240 g/mol. The molecule has 0 saturated heterocycles. The third-order valence-electron chi connectivity index (χ3n) is 14.3. The van der Waals surface area contributed by atoms with E-state index >= 15 is 0 Å². The molecule has 0 atom stereocenters. The Bertz CT molecular complexity index is 2480. The van der Waals surface area contributed by atoms with Crippen LogP contribution in [0, 0.1) is 22.7 Å². The molecule has 0 saturated carbocycles. The van der Waals surface area contributed by atoms with E-state index in [9.17, 15) is 57.8 Å². The standard InChI is InChI=1S/C11H20O2.C10H18O2.C10H18O.C10H16O.2C9H16O.C8H14O.C7H12O.C6H8O2.C6H10O/c1-10(7-9-12)6-5-8-11(2,3)13-4;1-9(6-8-11)5-4-7-10(2,3)12;2*1-9(2)5-4-6-10(3)7-8-11;1-8(5-6-10)7-9(2,3)4;1-3-4-5-6-9(2)7-8-10;1-7(5-6-9)8(2,3)4;1-6(2)7(3)4-5-8;1-5(3-4-7)6(2)8;1-3-6(2)4-5-7/h7,9H,5-6,8H2,1-4H3;6,8,12H,4-5,7H2,1-3H3;7-9H,4-6H2,1-3H3;5,7-8H,4,6H2,1-3H3;5-6H,7H2,1-4H3;7-8H,3-6H2,1-2H3;5-6H,1-4H3;4-6H,1-3H3;3-4H,1-2H3;4-5H,3H2,1-2H3. The van der Waals surface area contributed by atoms with Gasteiger partial charge in [0.25, 0.3) is 0 Å². The lowest BCUT2D eigenvalue weighted by Gasteiger charge is -2.22. The van der Waals surface area contributed by atoms with Crippen LogP contribution < -0.4 is 0 Å². The van der Waals surface area contributed by atoms with Crippen LogP contribution in [0.4, 0.5) is 0 Å². The number of carbonyl (C=O) groups excluding carboxylic acids is 11. The van der Waals surface area contributed by atoms with Crippen LogP contribution in [0.3, 0.4) is 0 Å². The number of methoxy groups -OCH3 is 1. The van der Waals surface area contributed by atoms with E-state index in [-0.39, 0.29) is 16.8 Å². The van der Waals surface area contributed by atoms with Crippen LogP contribution in [0.15, 0.2) is 128 Å². The maximum Gasteiger partial charge on any atom is 0.155 e. The van der Waals surface area contributed by atoms with Gasteiger partial charge in [0.1, 0.15) is 62.9 Å². The third-order valence-corrected chi connectivity index (χ3v) is 14.3. The highest BCUT2D eigenvalue weighted by molar-refractivity contribution is 5.95. The molecular formula is C86H148O13. The van der Waals surface area contributed by atoms with Gasteiger partial charge in [-0.05, 0) is 297 Å². The van der Waals surface area contributed by atoms with Crippen LogP contribution in [0.5, 0.6) is 0 Å². The number of rotatable bonds is 34. The number of ketones is 1. The number of aliphatic hydroxyl groups is 1. The molecule has 0 heterocycles. The molecule has 0 aliphatic rings. The molecule has 570 valence electrons. The summed E-state index contributed by atoms with van der Waals surface area (Å²) in [6.07, 6.45) is 44.1. The van der Waals surface area contributed by atoms with Crippen molar-refractivity contribution >= 4 is 68.6 Å². The number of Topliss-reactive ketones (excluding diaryl/α,β-unsaturated/α-hetero) is 1. The zero-order chi connectivity index (χ0) is 79.7. The smallest absolute Gasteiger partial charge is 0.155 e. The first-order valence-electron chi connectivity index (χ1n) is 35.3. The van der Waals surface area contributed by atoms with Gasteiger partial charge in [0, 0.05) is 7.11 Å². The Kier molecular flexibility index (Phi) is 88.6. The van der Waals surface area contributed by atoms with Crippen molar-refractivity contribution in [2.75, 3.05) is 7.11 Å². The topological polar surface area (TPSA) is 217 Å². The number of ether oxygens (including phenoxy) is 1. The van der Waals surface area contributed by atoms with Gasteiger partial charge in [-0.25, -0.2) is 0 Å². The predicted molar refractivity (Wildman–Crippen MR) is 424 cm³/mol. The number of aldehydes is 10. The van der Waals surface area contributed by atoms with Crippen LogP contribution in [-0.2, 0) is 57.5 Å². The summed E-state index contributed by atoms with van der Waals surface area (Å²) < 4.78 is 5.29. The highest BCUT2D eigenvalue weighted by Crippen LogP contribution is 2.24. The van der Waals surface area contributed by atoms with E-state index in [2.05, 4.69) is 110 Å². The quantitative estimate of drug-likeness (QED) is 0.0275. The second-order valence-electron chi connectivity index (χ2n) is 29.2. The Balaban J connectivity index is -0.000000112. The molecule has 13 nitrogen and oxygen atoms in total. The Morgan fingerprint density at radius 1 is 0.414 bits per heavy atom. The first kappa shape index (κ1) is 114. The Morgan fingerprint density at radius 3 is 1.01 bits per heavy atom. The van der Waals surface area contributed by atoms with E-state index in [0.29, 0.717) is 23.2 Å². The minimum atomic E-state index is -0.582. The molecule has 0 fully saturated rings. The minimum absolute atomic E-state index is 0.0402. The number of hydrogen-bond acceptors (Lipinski definition) is 13. The Labute approximate surface area is 607 Å². The van der Waals surface area contributed by atoms with Gasteiger partial charge in [0.15, 0.2) is 5.78 Å². The van der Waals surface area contributed by atoms with Gasteiger partial charge >= 0.3 is 0 Å². The van der Waals surface area contributed by atoms with E-state index in [1.54, 1.807) is 82.6 Å². The van der Waals surface area contributed by atoms with Crippen molar-refractivity contribution in [1.82, 2.24) is 0 Å². The summed E-state index contributed by atoms with van der Waals surface area (Å²) in [4.78, 5) is 110. The number of hydrogen-bond donors (Lipinski definition) is 1. The summed E-state index contributed by atoms with van der Waals surface area (Å²) in [5.41, 5.74) is 12.0. The van der Waals surface area contributed by atoms with E-state index in [1.165, 1.54) is 61.8 Å². The lowest BCUT2D eigenvalue weighted by molar-refractivity contribution is -0.114. The van der Waals surface area contributed by atoms with E-state index < -0.39 is 5.60 Å². The minimum Gasteiger partial charge on any atom is -0.390 e. The highest BCUT2D eigenvalue weighted by Gasteiger charge is 2.15. The normalized spacial score (nSPS) is 12.3. The van der Waals surface area contributed by atoms with E-state index in [0.717, 1.165) is 179 Å². The summed E-state index contributed by atoms with van der Waals surface area (Å²) in [6.45, 7) is 58.2. The average Bonchev–Trinajstić information content (AvgIpc) is 1.04. The number of unbranched alkanes of at least 4 members (excludes halogenated alkanes) is 2. The Hall–Kier alpha value is -6.57. The van der Waals surface area contributed by atoms with Crippen molar-refractivity contribution in [2.24, 2.45) is 22.7 Å². The fourth-order valence-electron chi connectivity index (χ4n) is 6.84. The fourth-order valence-corrected chi connectivity index (χ4v) is 6.84. The molecule has 0 aromatic heterocycles. The summed E-state index contributed by atoms with van der Waals surface area (Å²) >= 11 is 0. The average molecular weight is 1390 g/mol. The van der Waals surface area contributed by atoms with Crippen molar-refractivity contribution < 1.29 is 62.6 Å². The molecule has 0 rings (SSSR count). The van der Waals surface area contributed by atoms with E-state index in [1.807, 2.05) is 69.2 Å². The fraction of sp³-hybridized carbons (Fsp3) is 0.616. The number of allylic oxidation sites excluding steroid dienone is 22. The van der Waals surface area contributed by atoms with Crippen molar-refractivity contribution in [3.05, 3.63) is 128 Å². The van der Waals surface area contributed by atoms with Crippen molar-refractivity contribution in [2.45, 2.75) is 321 Å². The third kappa shape index (κ3) is 119. The molecule has 0 radical (unpaired) electrons. The summed E-state index contributed by atoms with van der Waals surface area (Å²) in [7, 11) is 1.73. The van der Waals surface area contributed by atoms with Gasteiger partial charge in [0.05, 0.1) is 11.2 Å². The molecule has 0 aliphatic heterocycles. The SMILES string of the molecule is CC(=CC=O)C(C)(C)C.CC(=CC=O)C(C)C.CC(=CC=O)CC(C)(C)C.CC(=CC=O)CCCC(C)(C)O.CC(=CC=O)CCCC(C)C.CC(=O)C(C)=CC=O.CC(C)=CCCC(C)=CC=O.CCC(C)=CC=O.CCCCCC(C)=CC=O.COC(C)(C)CCCC(C)=CC=O. The predicted octanol–water partition coefficient (Wildman–Crippen LogP) is 22.1. The number of carbonyl (C=O) groups is 11. The summed E-state index contributed by atoms with van der Waals surface area (Å²) in [5, 5.41) is 9.37. The van der Waals surface area contributed by atoms with Gasteiger partial charge < -0.3 is 9.84 Å². The molecule has 0 spiro atoms. The van der Waals surface area contributed by atoms with Gasteiger partial charge in [-0.15, -0.1) is 0 Å². The van der Waals surface area contributed by atoms with Gasteiger partial charge in [-0.3, -0.25) is 52.7 Å². The monoisotopic (exact) mass is 1390 g/mol. The van der Waals surface area contributed by atoms with Gasteiger partial charge in [-0.1, -0.05) is 164 Å². The maximum absolute atomic E-state index is 10.3. The van der Waals surface area contributed by atoms with Crippen molar-refractivity contribution in [3.63, 3.8) is 0 Å². The van der Waals surface area contributed by atoms with Crippen LogP contribution >= 0.6 is 0 Å². The second kappa shape index (κ2) is 77.2. The molecule has 0 aromatic rings. The largest absolute Gasteiger partial charge is 0.390 e. The molecule has 0 bridgehead atoms. The maximum atomic E-state index is 10.3. The zero-order valence-corrected chi connectivity index (χ0v) is 68.6. The van der Waals surface area contributed by atoms with Crippen molar-refractivity contribution in [3.8, 4) is 0 Å². The molecule has 1 N–H and O–H groups in total. The van der Waals surface area contributed by atoms with Gasteiger partial charge in [0.2, 0.25) is 0 Å². The molecule has 0 amide bonds. The lowest BCUT2D eigenvalue weighted by Crippen LogP contribution is -2.21. The van der Waals surface area contributed by atoms with E-state index in [4.69, 9.17) is 4.74 Å². The zero-order valence-electron chi connectivity index (χ0n) is 68.6. The first-order valence-corrected chi connectivity index (χ1v) is 35.3. The van der Waals surface area contributed by atoms with Gasteiger partial charge in [-0.2, -0.15) is 0 Å². The summed E-state index contributed by atoms with van der Waals surface area (Å²) in [6, 6.07) is 0. The second-order valence-corrected chi connectivity index (χ2v) is 29.2. The summed E-state index contributed by atoms with van der Waals surface area (Å²) in [5.74, 6) is 1.22. The van der Waals surface area contributed by atoms with Crippen LogP contribution in [0.1, 0.15) is 310 Å². The highest BCUT2D eigenvalue weighted by atomic mass is 16.5. The molecule has 13 heteroatoms. The first-order chi connectivity index (χ1) is 45.7. The molecule has 0 unspecified atom stereocenters. The van der Waals surface area contributed by atoms with Crippen LogP contribution in [0.2, 0.25) is 0 Å². The molecule has 0 aliphatic carbocycles. The van der Waals surface area contributed by atoms with Crippen LogP contribution in [0.25, 0.3) is 0 Å².